The zero-order valence-electron chi connectivity index (χ0n) is 11.8. The largest absolute Gasteiger partial charge is 0.383 e. The molecule has 20 heavy (non-hydrogen) atoms. The predicted molar refractivity (Wildman–Crippen MR) is 79.8 cm³/mol. The Morgan fingerprint density at radius 2 is 2.10 bits per heavy atom. The van der Waals surface area contributed by atoms with Crippen LogP contribution in [0.5, 0.6) is 0 Å². The third kappa shape index (κ3) is 3.85. The lowest BCUT2D eigenvalue weighted by atomic mass is 10.2. The van der Waals surface area contributed by atoms with Gasteiger partial charge < -0.3 is 10.6 Å². The van der Waals surface area contributed by atoms with E-state index in [1.54, 1.807) is 17.1 Å². The van der Waals surface area contributed by atoms with Gasteiger partial charge in [0.2, 0.25) is 0 Å². The number of nitrogens with one attached hydrogen (secondary N) is 2. The van der Waals surface area contributed by atoms with E-state index in [0.717, 1.165) is 12.2 Å². The third-order valence-electron chi connectivity index (χ3n) is 2.98. The quantitative estimate of drug-likeness (QED) is 0.847. The van der Waals surface area contributed by atoms with Crippen molar-refractivity contribution in [2.75, 3.05) is 11.9 Å². The highest BCUT2D eigenvalue weighted by Gasteiger charge is 2.11. The number of para-hydroxylation sites is 1. The smallest absolute Gasteiger partial charge is 0.254 e. The van der Waals surface area contributed by atoms with E-state index in [2.05, 4.69) is 15.7 Å². The number of carbonyl (C=O) groups is 1. The lowest BCUT2D eigenvalue weighted by Crippen LogP contribution is -2.37. The number of aryl methyl sites for hydroxylation is 1. The summed E-state index contributed by atoms with van der Waals surface area (Å²) in [7, 11) is 0. The summed E-state index contributed by atoms with van der Waals surface area (Å²) in [5.74, 6) is -0.0907. The van der Waals surface area contributed by atoms with Crippen molar-refractivity contribution in [3.8, 4) is 0 Å². The van der Waals surface area contributed by atoms with Gasteiger partial charge >= 0.3 is 0 Å². The summed E-state index contributed by atoms with van der Waals surface area (Å²) >= 11 is 0. The van der Waals surface area contributed by atoms with Crippen LogP contribution in [0.1, 0.15) is 24.2 Å². The number of rotatable bonds is 6. The van der Waals surface area contributed by atoms with Gasteiger partial charge in [0.25, 0.3) is 5.91 Å². The van der Waals surface area contributed by atoms with Crippen LogP contribution in [-0.2, 0) is 6.54 Å². The maximum atomic E-state index is 12.0. The van der Waals surface area contributed by atoms with Crippen LogP contribution in [0, 0.1) is 0 Å². The van der Waals surface area contributed by atoms with Gasteiger partial charge in [-0.1, -0.05) is 18.2 Å². The summed E-state index contributed by atoms with van der Waals surface area (Å²) in [6.07, 6.45) is 3.35. The molecule has 0 aliphatic carbocycles. The molecule has 1 atom stereocenters. The van der Waals surface area contributed by atoms with Gasteiger partial charge in [-0.2, -0.15) is 5.10 Å². The molecule has 0 aliphatic heterocycles. The number of carbonyl (C=O) groups excluding carboxylic acids is 1. The number of benzene rings is 1. The molecule has 0 radical (unpaired) electrons. The second-order valence-electron chi connectivity index (χ2n) is 4.71. The van der Waals surface area contributed by atoms with Crippen LogP contribution in [0.4, 0.5) is 5.69 Å². The van der Waals surface area contributed by atoms with Crippen LogP contribution in [0.3, 0.4) is 0 Å². The van der Waals surface area contributed by atoms with Crippen molar-refractivity contribution in [2.45, 2.75) is 26.4 Å². The van der Waals surface area contributed by atoms with Crippen LogP contribution in [0.15, 0.2) is 42.7 Å². The minimum Gasteiger partial charge on any atom is -0.383 e. The molecule has 106 valence electrons. The van der Waals surface area contributed by atoms with Gasteiger partial charge in [-0.3, -0.25) is 9.48 Å². The minimum absolute atomic E-state index is 0.0349. The molecule has 2 rings (SSSR count). The number of hydrogen-bond donors (Lipinski definition) is 2. The fourth-order valence-corrected chi connectivity index (χ4v) is 1.84. The van der Waals surface area contributed by atoms with E-state index in [0.29, 0.717) is 12.1 Å². The van der Waals surface area contributed by atoms with Crippen molar-refractivity contribution in [1.82, 2.24) is 15.1 Å². The standard InChI is InChI=1S/C15H20N4O/c1-3-19-11-13(10-17-19)15(20)18-12(2)9-16-14-7-5-4-6-8-14/h4-8,10-12,16H,3,9H2,1-2H3,(H,18,20)/t12-/m0/s1. The van der Waals surface area contributed by atoms with Gasteiger partial charge in [0, 0.05) is 31.0 Å². The van der Waals surface area contributed by atoms with E-state index in [1.165, 1.54) is 0 Å². The Morgan fingerprint density at radius 3 is 2.75 bits per heavy atom. The lowest BCUT2D eigenvalue weighted by Gasteiger charge is -2.15. The van der Waals surface area contributed by atoms with E-state index in [4.69, 9.17) is 0 Å². The third-order valence-corrected chi connectivity index (χ3v) is 2.98. The maximum Gasteiger partial charge on any atom is 0.254 e. The Hall–Kier alpha value is -2.30. The Bertz CT molecular complexity index is 550. The molecule has 0 spiro atoms. The number of aromatic nitrogens is 2. The number of nitrogens with zero attached hydrogens (tertiary/aromatic N) is 2. The van der Waals surface area contributed by atoms with Gasteiger partial charge in [0.05, 0.1) is 11.8 Å². The Balaban J connectivity index is 1.82. The van der Waals surface area contributed by atoms with E-state index in [1.807, 2.05) is 44.2 Å². The van der Waals surface area contributed by atoms with Crippen molar-refractivity contribution in [2.24, 2.45) is 0 Å². The molecule has 0 unspecified atom stereocenters. The van der Waals surface area contributed by atoms with Gasteiger partial charge in [0.15, 0.2) is 0 Å². The van der Waals surface area contributed by atoms with Crippen molar-refractivity contribution in [3.63, 3.8) is 0 Å². The summed E-state index contributed by atoms with van der Waals surface area (Å²) in [5, 5.41) is 10.3. The molecule has 1 aromatic heterocycles. The van der Waals surface area contributed by atoms with E-state index >= 15 is 0 Å². The first-order valence-corrected chi connectivity index (χ1v) is 6.81. The van der Waals surface area contributed by atoms with Crippen LogP contribution < -0.4 is 10.6 Å². The van der Waals surface area contributed by atoms with Crippen LogP contribution in [0.2, 0.25) is 0 Å². The summed E-state index contributed by atoms with van der Waals surface area (Å²) in [6.45, 7) is 5.40. The zero-order chi connectivity index (χ0) is 14.4. The molecule has 0 aliphatic rings. The van der Waals surface area contributed by atoms with Crippen LogP contribution in [-0.4, -0.2) is 28.3 Å². The van der Waals surface area contributed by atoms with Gasteiger partial charge in [0.1, 0.15) is 0 Å². The van der Waals surface area contributed by atoms with Crippen molar-refractivity contribution < 1.29 is 4.79 Å². The number of hydrogen-bond acceptors (Lipinski definition) is 3. The van der Waals surface area contributed by atoms with Crippen molar-refractivity contribution in [1.29, 1.82) is 0 Å². The summed E-state index contributed by atoms with van der Waals surface area (Å²) in [6, 6.07) is 9.96. The molecule has 2 aromatic rings. The molecule has 0 fully saturated rings. The number of anilines is 1. The summed E-state index contributed by atoms with van der Waals surface area (Å²) in [5.41, 5.74) is 1.64. The summed E-state index contributed by atoms with van der Waals surface area (Å²) in [4.78, 5) is 12.0. The number of amides is 1. The molecule has 0 bridgehead atoms. The highest BCUT2D eigenvalue weighted by atomic mass is 16.1. The summed E-state index contributed by atoms with van der Waals surface area (Å²) < 4.78 is 1.74. The van der Waals surface area contributed by atoms with Crippen LogP contribution in [0.25, 0.3) is 0 Å². The maximum absolute atomic E-state index is 12.0. The van der Waals surface area contributed by atoms with Crippen molar-refractivity contribution >= 4 is 11.6 Å². The zero-order valence-corrected chi connectivity index (χ0v) is 11.8. The average Bonchev–Trinajstić information content (AvgIpc) is 2.95. The van der Waals surface area contributed by atoms with Crippen LogP contribution >= 0.6 is 0 Å². The molecule has 1 amide bonds. The fraction of sp³-hybridized carbons (Fsp3) is 0.333. The van der Waals surface area contributed by atoms with Gasteiger partial charge in [-0.25, -0.2) is 0 Å². The second-order valence-corrected chi connectivity index (χ2v) is 4.71. The Morgan fingerprint density at radius 1 is 1.35 bits per heavy atom. The molecule has 5 heteroatoms. The first kappa shape index (κ1) is 14.1. The normalized spacial score (nSPS) is 11.9. The fourth-order valence-electron chi connectivity index (χ4n) is 1.84. The van der Waals surface area contributed by atoms with Gasteiger partial charge in [-0.05, 0) is 26.0 Å². The minimum atomic E-state index is -0.0907. The molecule has 1 aromatic carbocycles. The molecule has 5 nitrogen and oxygen atoms in total. The average molecular weight is 272 g/mol. The topological polar surface area (TPSA) is 59.0 Å². The molecular weight excluding hydrogens is 252 g/mol. The van der Waals surface area contributed by atoms with Gasteiger partial charge in [-0.15, -0.1) is 0 Å². The SMILES string of the molecule is CCn1cc(C(=O)N[C@@H](C)CNc2ccccc2)cn1. The highest BCUT2D eigenvalue weighted by molar-refractivity contribution is 5.93. The second kappa shape index (κ2) is 6.75. The lowest BCUT2D eigenvalue weighted by molar-refractivity contribution is 0.0942. The molecule has 0 saturated heterocycles. The molecule has 0 saturated carbocycles. The van der Waals surface area contributed by atoms with Crippen molar-refractivity contribution in [3.05, 3.63) is 48.3 Å². The molecule has 2 N–H and O–H groups in total. The highest BCUT2D eigenvalue weighted by Crippen LogP contribution is 2.05. The first-order valence-electron chi connectivity index (χ1n) is 6.81. The monoisotopic (exact) mass is 272 g/mol. The Labute approximate surface area is 119 Å². The van der Waals surface area contributed by atoms with E-state index in [9.17, 15) is 4.79 Å². The van der Waals surface area contributed by atoms with E-state index < -0.39 is 0 Å². The predicted octanol–water partition coefficient (Wildman–Crippen LogP) is 2.13. The Kier molecular flexibility index (Phi) is 4.76. The molecular formula is C15H20N4O. The molecule has 1 heterocycles. The first-order chi connectivity index (χ1) is 9.69. The van der Waals surface area contributed by atoms with E-state index in [-0.39, 0.29) is 11.9 Å².